The molecule has 0 aliphatic carbocycles. The second-order valence-electron chi connectivity index (χ2n) is 0.813. The molecule has 0 spiro atoms. The van der Waals surface area contributed by atoms with Crippen molar-refractivity contribution in [2.24, 2.45) is 0 Å². The van der Waals surface area contributed by atoms with Gasteiger partial charge in [0.15, 0.2) is 0 Å². The van der Waals surface area contributed by atoms with Gasteiger partial charge in [-0.3, -0.25) is 6.08 Å². The predicted octanol–water partition coefficient (Wildman–Crippen LogP) is 1.24. The van der Waals surface area contributed by atoms with Crippen LogP contribution in [0.1, 0.15) is 6.42 Å². The molecule has 0 saturated carbocycles. The Kier molecular flexibility index (Phi) is 15.4. The maximum Gasteiger partial charge on any atom is 0 e. The van der Waals surface area contributed by atoms with E-state index < -0.39 is 0 Å². The van der Waals surface area contributed by atoms with Gasteiger partial charge >= 0.3 is 0 Å². The van der Waals surface area contributed by atoms with Gasteiger partial charge in [-0.05, 0) is 6.16 Å². The molecular weight excluding hydrogens is 263 g/mol. The van der Waals surface area contributed by atoms with Crippen LogP contribution in [0, 0.1) is 6.58 Å². The van der Waals surface area contributed by atoms with Crippen molar-refractivity contribution >= 4 is 9.24 Å². The first-order valence-electron chi connectivity index (χ1n) is 1.65. The number of allylic oxidation sites excluding steroid dienone is 1. The second-order valence-corrected chi connectivity index (χ2v) is 1.39. The molecule has 0 amide bonds. The normalized spacial score (nSPS) is 6.17. The molecule has 0 nitrogen and oxygen atoms in total. The van der Waals surface area contributed by atoms with Crippen molar-refractivity contribution in [2.75, 3.05) is 6.16 Å². The van der Waals surface area contributed by atoms with Crippen LogP contribution in [0.5, 0.6) is 0 Å². The molecule has 2 heteroatoms. The van der Waals surface area contributed by atoms with Crippen LogP contribution in [0.15, 0.2) is 6.08 Å². The average molecular weight is 271 g/mol. The summed E-state index contributed by atoms with van der Waals surface area (Å²) in [5.74, 6) is 0. The molecule has 0 aromatic carbocycles. The summed E-state index contributed by atoms with van der Waals surface area (Å²) in [6.45, 7) is 5.00. The number of hydrogen-bond donors (Lipinski definition) is 0. The molecule has 36 valence electrons. The Balaban J connectivity index is 0. The molecule has 0 aliphatic heterocycles. The first-order valence-corrected chi connectivity index (χ1v) is 2.47. The molecule has 0 heterocycles. The van der Waals surface area contributed by atoms with Gasteiger partial charge in [0.05, 0.1) is 0 Å². The minimum atomic E-state index is 0. The molecule has 1 atom stereocenters. The fraction of sp³-hybridized carbons (Fsp3) is 0.500. The first kappa shape index (κ1) is 9.97. The van der Waals surface area contributed by atoms with E-state index in [0.717, 1.165) is 12.6 Å². The van der Waals surface area contributed by atoms with Crippen LogP contribution < -0.4 is 0 Å². The van der Waals surface area contributed by atoms with Gasteiger partial charge in [0, 0.05) is 21.1 Å². The summed E-state index contributed by atoms with van der Waals surface area (Å²) in [5.41, 5.74) is 0. The zero-order valence-electron chi connectivity index (χ0n) is 3.55. The average Bonchev–Trinajstić information content (AvgIpc) is 1.41. The van der Waals surface area contributed by atoms with Gasteiger partial charge in [-0.2, -0.15) is 0 Å². The van der Waals surface area contributed by atoms with Gasteiger partial charge in [-0.15, -0.1) is 9.24 Å². The van der Waals surface area contributed by atoms with Crippen molar-refractivity contribution < 1.29 is 21.1 Å². The van der Waals surface area contributed by atoms with E-state index in [-0.39, 0.29) is 21.1 Å². The van der Waals surface area contributed by atoms with Crippen molar-refractivity contribution in [3.05, 3.63) is 12.7 Å². The SMILES string of the molecule is [CH-]=CCCP.[W]. The quantitative estimate of drug-likeness (QED) is 0.523. The van der Waals surface area contributed by atoms with Crippen LogP contribution in [0.4, 0.5) is 0 Å². The molecule has 0 aliphatic rings. The standard InChI is InChI=1S/C4H8P.W/c1-2-3-4-5;/h1-2H,3-5H2;/q-1;. The summed E-state index contributed by atoms with van der Waals surface area (Å²) in [6.07, 6.45) is 3.74. The third-order valence-corrected chi connectivity index (χ3v) is 0.667. The Hall–Kier alpha value is 0.858. The molecule has 0 rings (SSSR count). The van der Waals surface area contributed by atoms with Crippen LogP contribution in [0.2, 0.25) is 0 Å². The molecule has 0 aromatic rings. The number of hydrogen-bond acceptors (Lipinski definition) is 0. The van der Waals surface area contributed by atoms with E-state index in [9.17, 15) is 0 Å². The van der Waals surface area contributed by atoms with Crippen LogP contribution in [-0.4, -0.2) is 6.16 Å². The predicted molar refractivity (Wildman–Crippen MR) is 28.1 cm³/mol. The van der Waals surface area contributed by atoms with Crippen molar-refractivity contribution in [1.29, 1.82) is 0 Å². The molecule has 0 bridgehead atoms. The van der Waals surface area contributed by atoms with Gasteiger partial charge < -0.3 is 6.58 Å². The molecule has 0 N–H and O–H groups in total. The summed E-state index contributed by atoms with van der Waals surface area (Å²) in [5, 5.41) is 0. The molecule has 6 heavy (non-hydrogen) atoms. The van der Waals surface area contributed by atoms with Crippen molar-refractivity contribution in [3.8, 4) is 0 Å². The van der Waals surface area contributed by atoms with Crippen LogP contribution in [0.25, 0.3) is 0 Å². The minimum Gasteiger partial charge on any atom is -0.518 e. The summed E-state index contributed by atoms with van der Waals surface area (Å²) < 4.78 is 0. The number of rotatable bonds is 2. The van der Waals surface area contributed by atoms with Crippen LogP contribution in [-0.2, 0) is 21.1 Å². The van der Waals surface area contributed by atoms with E-state index >= 15 is 0 Å². The van der Waals surface area contributed by atoms with Gasteiger partial charge in [0.1, 0.15) is 0 Å². The Morgan fingerprint density at radius 2 is 2.17 bits per heavy atom. The Bertz CT molecular complexity index is 28.7. The summed E-state index contributed by atoms with van der Waals surface area (Å²) in [4.78, 5) is 0. The van der Waals surface area contributed by atoms with Crippen molar-refractivity contribution in [1.82, 2.24) is 0 Å². The zero-order chi connectivity index (χ0) is 4.12. The maximum atomic E-state index is 5.00. The molecule has 0 saturated heterocycles. The third kappa shape index (κ3) is 8.85. The molecule has 1 unspecified atom stereocenters. The summed E-state index contributed by atoms with van der Waals surface area (Å²) in [7, 11) is 2.59. The monoisotopic (exact) mass is 271 g/mol. The van der Waals surface area contributed by atoms with E-state index in [1.54, 1.807) is 6.08 Å². The molecule has 0 radical (unpaired) electrons. The third-order valence-electron chi connectivity index (χ3n) is 0.333. The summed E-state index contributed by atoms with van der Waals surface area (Å²) in [6, 6.07) is 0. The topological polar surface area (TPSA) is 0 Å². The van der Waals surface area contributed by atoms with Crippen LogP contribution in [0.3, 0.4) is 0 Å². The fourth-order valence-electron chi connectivity index (χ4n) is 0.0962. The van der Waals surface area contributed by atoms with Crippen molar-refractivity contribution in [3.63, 3.8) is 0 Å². The largest absolute Gasteiger partial charge is 0.518 e. The zero-order valence-corrected chi connectivity index (χ0v) is 7.64. The van der Waals surface area contributed by atoms with Crippen LogP contribution >= 0.6 is 9.24 Å². The Labute approximate surface area is 55.9 Å². The second kappa shape index (κ2) is 9.29. The molecule has 0 aromatic heterocycles. The smallest absolute Gasteiger partial charge is 0 e. The van der Waals surface area contributed by atoms with E-state index in [1.807, 2.05) is 0 Å². The minimum absolute atomic E-state index is 0. The summed E-state index contributed by atoms with van der Waals surface area (Å²) >= 11 is 0. The molecular formula is C4H8PW-. The van der Waals surface area contributed by atoms with Gasteiger partial charge in [0.2, 0.25) is 0 Å². The molecule has 0 fully saturated rings. The maximum absolute atomic E-state index is 5.00. The Morgan fingerprint density at radius 3 is 2.17 bits per heavy atom. The van der Waals surface area contributed by atoms with E-state index in [4.69, 9.17) is 6.58 Å². The van der Waals surface area contributed by atoms with Gasteiger partial charge in [-0.1, -0.05) is 6.42 Å². The van der Waals surface area contributed by atoms with Crippen molar-refractivity contribution in [2.45, 2.75) is 6.42 Å². The fourth-order valence-corrected chi connectivity index (χ4v) is 0.289. The van der Waals surface area contributed by atoms with Gasteiger partial charge in [-0.25, -0.2) is 0 Å². The van der Waals surface area contributed by atoms with E-state index in [0.29, 0.717) is 0 Å². The van der Waals surface area contributed by atoms with E-state index in [1.165, 1.54) is 0 Å². The van der Waals surface area contributed by atoms with E-state index in [2.05, 4.69) is 9.24 Å². The Morgan fingerprint density at radius 1 is 1.67 bits per heavy atom. The first-order chi connectivity index (χ1) is 2.41. The van der Waals surface area contributed by atoms with Gasteiger partial charge in [0.25, 0.3) is 0 Å².